The van der Waals surface area contributed by atoms with E-state index in [1.807, 2.05) is 37.3 Å². The zero-order chi connectivity index (χ0) is 31.0. The normalized spacial score (nSPS) is 14.5. The van der Waals surface area contributed by atoms with Gasteiger partial charge >= 0.3 is 0 Å². The van der Waals surface area contributed by atoms with E-state index in [-0.39, 0.29) is 18.5 Å². The SMILES string of the molecule is CC[C@H](C(=O)NC1CCCCC1)N(Cc1ccc(Cl)cc1Cl)C(=O)CN(c1ccc(Oc2ccccc2)cc1)S(C)(=O)=O. The Morgan fingerprint density at radius 3 is 2.21 bits per heavy atom. The first-order valence-corrected chi connectivity index (χ1v) is 17.0. The third-order valence-corrected chi connectivity index (χ3v) is 9.20. The summed E-state index contributed by atoms with van der Waals surface area (Å²) in [5.74, 6) is 0.353. The summed E-state index contributed by atoms with van der Waals surface area (Å²) in [5.41, 5.74) is 0.886. The van der Waals surface area contributed by atoms with Crippen molar-refractivity contribution in [2.75, 3.05) is 17.1 Å². The Kier molecular flexibility index (Phi) is 11.3. The summed E-state index contributed by atoms with van der Waals surface area (Å²) in [6.45, 7) is 1.33. The Morgan fingerprint density at radius 2 is 1.60 bits per heavy atom. The van der Waals surface area contributed by atoms with Gasteiger partial charge in [0, 0.05) is 22.6 Å². The van der Waals surface area contributed by atoms with Crippen molar-refractivity contribution in [3.8, 4) is 11.5 Å². The van der Waals surface area contributed by atoms with Gasteiger partial charge in [0.2, 0.25) is 21.8 Å². The highest BCUT2D eigenvalue weighted by Gasteiger charge is 2.33. The quantitative estimate of drug-likeness (QED) is 0.233. The number of amides is 2. The van der Waals surface area contributed by atoms with E-state index in [1.54, 1.807) is 42.5 Å². The molecule has 43 heavy (non-hydrogen) atoms. The van der Waals surface area contributed by atoms with Crippen LogP contribution in [0.3, 0.4) is 0 Å². The number of benzene rings is 3. The van der Waals surface area contributed by atoms with Crippen molar-refractivity contribution in [1.29, 1.82) is 0 Å². The van der Waals surface area contributed by atoms with Crippen molar-refractivity contribution in [2.24, 2.45) is 0 Å². The van der Waals surface area contributed by atoms with Crippen LogP contribution in [0, 0.1) is 0 Å². The van der Waals surface area contributed by atoms with Gasteiger partial charge in [0.05, 0.1) is 11.9 Å². The van der Waals surface area contributed by atoms with E-state index in [0.29, 0.717) is 39.2 Å². The molecule has 0 bridgehead atoms. The maximum absolute atomic E-state index is 14.0. The first-order chi connectivity index (χ1) is 20.5. The molecule has 1 aliphatic rings. The molecule has 0 radical (unpaired) electrons. The summed E-state index contributed by atoms with van der Waals surface area (Å²) in [6.07, 6.45) is 6.40. The highest BCUT2D eigenvalue weighted by molar-refractivity contribution is 7.92. The van der Waals surface area contributed by atoms with E-state index in [9.17, 15) is 18.0 Å². The lowest BCUT2D eigenvalue weighted by Crippen LogP contribution is -2.54. The molecule has 1 N–H and O–H groups in total. The molecule has 1 aliphatic carbocycles. The number of sulfonamides is 1. The van der Waals surface area contributed by atoms with Gasteiger partial charge in [-0.05, 0) is 73.4 Å². The van der Waals surface area contributed by atoms with Crippen molar-refractivity contribution in [3.63, 3.8) is 0 Å². The molecule has 0 aliphatic heterocycles. The molecule has 3 aromatic rings. The van der Waals surface area contributed by atoms with Crippen LogP contribution >= 0.6 is 23.2 Å². The van der Waals surface area contributed by atoms with Gasteiger partial charge in [-0.3, -0.25) is 13.9 Å². The van der Waals surface area contributed by atoms with Gasteiger partial charge in [0.25, 0.3) is 0 Å². The molecule has 0 unspecified atom stereocenters. The number of hydrogen-bond donors (Lipinski definition) is 1. The predicted molar refractivity (Wildman–Crippen MR) is 171 cm³/mol. The number of ether oxygens (including phenoxy) is 1. The highest BCUT2D eigenvalue weighted by Crippen LogP contribution is 2.28. The van der Waals surface area contributed by atoms with Crippen LogP contribution in [0.1, 0.15) is 51.0 Å². The fourth-order valence-electron chi connectivity index (χ4n) is 5.22. The van der Waals surface area contributed by atoms with E-state index < -0.39 is 28.5 Å². The predicted octanol–water partition coefficient (Wildman–Crippen LogP) is 6.81. The number of halogens is 2. The van der Waals surface area contributed by atoms with Crippen LogP contribution < -0.4 is 14.4 Å². The lowest BCUT2D eigenvalue weighted by atomic mass is 9.95. The molecule has 3 aromatic carbocycles. The van der Waals surface area contributed by atoms with Crippen LogP contribution in [0.25, 0.3) is 0 Å². The van der Waals surface area contributed by atoms with Crippen molar-refractivity contribution < 1.29 is 22.7 Å². The number of hydrogen-bond acceptors (Lipinski definition) is 5. The molecule has 4 rings (SSSR count). The highest BCUT2D eigenvalue weighted by atomic mass is 35.5. The van der Waals surface area contributed by atoms with Gasteiger partial charge in [0.1, 0.15) is 24.1 Å². The van der Waals surface area contributed by atoms with Crippen molar-refractivity contribution in [2.45, 2.75) is 64.1 Å². The molecule has 2 amide bonds. The first kappa shape index (κ1) is 32.6. The van der Waals surface area contributed by atoms with Crippen LogP contribution in [0.5, 0.6) is 11.5 Å². The number of anilines is 1. The van der Waals surface area contributed by atoms with E-state index >= 15 is 0 Å². The Hall–Kier alpha value is -3.27. The lowest BCUT2D eigenvalue weighted by molar-refractivity contribution is -0.140. The maximum Gasteiger partial charge on any atom is 0.244 e. The summed E-state index contributed by atoms with van der Waals surface area (Å²) >= 11 is 12.6. The van der Waals surface area contributed by atoms with E-state index in [1.165, 1.54) is 4.90 Å². The maximum atomic E-state index is 14.0. The molecule has 0 heterocycles. The summed E-state index contributed by atoms with van der Waals surface area (Å²) in [7, 11) is -3.88. The van der Waals surface area contributed by atoms with Gasteiger partial charge in [0.15, 0.2) is 0 Å². The number of nitrogens with zero attached hydrogens (tertiary/aromatic N) is 2. The van der Waals surface area contributed by atoms with Crippen molar-refractivity contribution >= 4 is 50.7 Å². The average Bonchev–Trinajstić information content (AvgIpc) is 2.98. The Morgan fingerprint density at radius 1 is 0.953 bits per heavy atom. The minimum Gasteiger partial charge on any atom is -0.457 e. The van der Waals surface area contributed by atoms with E-state index in [2.05, 4.69) is 5.32 Å². The van der Waals surface area contributed by atoms with Crippen LogP contribution in [0.15, 0.2) is 72.8 Å². The Labute approximate surface area is 264 Å². The average molecular weight is 647 g/mol. The van der Waals surface area contributed by atoms with Crippen molar-refractivity contribution in [3.05, 3.63) is 88.4 Å². The van der Waals surface area contributed by atoms with Gasteiger partial charge in [-0.25, -0.2) is 8.42 Å². The number of para-hydroxylation sites is 1. The molecule has 1 saturated carbocycles. The third-order valence-electron chi connectivity index (χ3n) is 7.48. The molecule has 1 atom stereocenters. The fraction of sp³-hybridized carbons (Fsp3) is 0.375. The van der Waals surface area contributed by atoms with E-state index in [4.69, 9.17) is 27.9 Å². The minimum atomic E-state index is -3.88. The fourth-order valence-corrected chi connectivity index (χ4v) is 6.53. The monoisotopic (exact) mass is 645 g/mol. The largest absolute Gasteiger partial charge is 0.457 e. The Balaban J connectivity index is 1.60. The summed E-state index contributed by atoms with van der Waals surface area (Å²) in [4.78, 5) is 29.0. The topological polar surface area (TPSA) is 96.0 Å². The molecule has 0 spiro atoms. The van der Waals surface area contributed by atoms with Gasteiger partial charge < -0.3 is 15.0 Å². The third kappa shape index (κ3) is 9.11. The zero-order valence-corrected chi connectivity index (χ0v) is 26.7. The molecule has 0 saturated heterocycles. The Bertz CT molecular complexity index is 1500. The molecular formula is C32H37Cl2N3O5S. The van der Waals surface area contributed by atoms with Gasteiger partial charge in [-0.2, -0.15) is 0 Å². The summed E-state index contributed by atoms with van der Waals surface area (Å²) in [5, 5.41) is 3.91. The molecular weight excluding hydrogens is 609 g/mol. The smallest absolute Gasteiger partial charge is 0.244 e. The summed E-state index contributed by atoms with van der Waals surface area (Å²) < 4.78 is 32.8. The second-order valence-electron chi connectivity index (χ2n) is 10.7. The van der Waals surface area contributed by atoms with Crippen molar-refractivity contribution in [1.82, 2.24) is 10.2 Å². The molecule has 1 fully saturated rings. The first-order valence-electron chi connectivity index (χ1n) is 14.4. The molecule has 11 heteroatoms. The van der Waals surface area contributed by atoms with Crippen LogP contribution in [0.4, 0.5) is 5.69 Å². The zero-order valence-electron chi connectivity index (χ0n) is 24.3. The van der Waals surface area contributed by atoms with Gasteiger partial charge in [-0.1, -0.05) is 73.7 Å². The summed E-state index contributed by atoms with van der Waals surface area (Å²) in [6, 6.07) is 19.8. The number of carbonyl (C=O) groups excluding carboxylic acids is 2. The van der Waals surface area contributed by atoms with Crippen LogP contribution in [-0.4, -0.2) is 50.0 Å². The second kappa shape index (κ2) is 14.9. The van der Waals surface area contributed by atoms with Gasteiger partial charge in [-0.15, -0.1) is 0 Å². The van der Waals surface area contributed by atoms with Crippen LogP contribution in [-0.2, 0) is 26.2 Å². The second-order valence-corrected chi connectivity index (χ2v) is 13.5. The van der Waals surface area contributed by atoms with E-state index in [0.717, 1.165) is 42.7 Å². The number of carbonyl (C=O) groups is 2. The molecule has 0 aromatic heterocycles. The minimum absolute atomic E-state index is 0.00683. The number of nitrogens with one attached hydrogen (secondary N) is 1. The molecule has 8 nitrogen and oxygen atoms in total. The standard InChI is InChI=1S/C32H37Cl2N3O5S/c1-3-30(32(39)35-25-10-6-4-7-11-25)36(21-23-14-15-24(33)20-29(23)34)31(38)22-37(43(2,40)41)26-16-18-28(19-17-26)42-27-12-8-5-9-13-27/h5,8-9,12-20,25,30H,3-4,6-7,10-11,21-22H2,1-2H3,(H,35,39)/t30-/m1/s1. The number of rotatable bonds is 12. The van der Waals surface area contributed by atoms with Crippen LogP contribution in [0.2, 0.25) is 10.0 Å². The lowest BCUT2D eigenvalue weighted by Gasteiger charge is -2.34. The molecule has 230 valence electrons.